The largest absolute Gasteiger partial charge is 0.462 e. The summed E-state index contributed by atoms with van der Waals surface area (Å²) in [7, 11) is 0. The van der Waals surface area contributed by atoms with E-state index in [0.717, 1.165) is 23.2 Å². The number of benzene rings is 2. The van der Waals surface area contributed by atoms with E-state index in [1.165, 1.54) is 16.9 Å². The SMILES string of the molecule is CCOC(=O)c1c(-c2ccccc2)csc1NC(=O)CNc1ccc(CC)cc1. The van der Waals surface area contributed by atoms with Crippen LogP contribution in [-0.4, -0.2) is 25.0 Å². The van der Waals surface area contributed by atoms with Crippen LogP contribution in [0.4, 0.5) is 10.7 Å². The molecule has 2 N–H and O–H groups in total. The standard InChI is InChI=1S/C23H24N2O3S/c1-3-16-10-12-18(13-11-16)24-14-20(26)25-22-21(23(27)28-4-2)19(15-29-22)17-8-6-5-7-9-17/h5-13,15,24H,3-4,14H2,1-2H3,(H,25,26). The van der Waals surface area contributed by atoms with Crippen molar-refractivity contribution in [2.75, 3.05) is 23.8 Å². The molecule has 1 amide bonds. The number of rotatable bonds is 8. The third kappa shape index (κ3) is 5.23. The van der Waals surface area contributed by atoms with Crippen molar-refractivity contribution in [2.24, 2.45) is 0 Å². The highest BCUT2D eigenvalue weighted by Gasteiger charge is 2.22. The monoisotopic (exact) mass is 408 g/mol. The van der Waals surface area contributed by atoms with Gasteiger partial charge in [0.2, 0.25) is 5.91 Å². The highest BCUT2D eigenvalue weighted by Crippen LogP contribution is 2.36. The smallest absolute Gasteiger partial charge is 0.341 e. The second-order valence-corrected chi connectivity index (χ2v) is 7.27. The predicted octanol–water partition coefficient (Wildman–Crippen LogP) is 5.20. The molecule has 0 aliphatic carbocycles. The summed E-state index contributed by atoms with van der Waals surface area (Å²) in [6.07, 6.45) is 0.972. The molecule has 0 radical (unpaired) electrons. The Morgan fingerprint density at radius 2 is 1.72 bits per heavy atom. The molecule has 150 valence electrons. The van der Waals surface area contributed by atoms with Crippen molar-refractivity contribution in [3.05, 3.63) is 71.1 Å². The first kappa shape index (κ1) is 20.6. The number of aryl methyl sites for hydroxylation is 1. The van der Waals surface area contributed by atoms with Crippen LogP contribution in [0.2, 0.25) is 0 Å². The predicted molar refractivity (Wildman–Crippen MR) is 119 cm³/mol. The van der Waals surface area contributed by atoms with E-state index < -0.39 is 5.97 Å². The van der Waals surface area contributed by atoms with Crippen molar-refractivity contribution in [1.82, 2.24) is 0 Å². The van der Waals surface area contributed by atoms with Gasteiger partial charge in [0.15, 0.2) is 0 Å². The maximum Gasteiger partial charge on any atom is 0.341 e. The molecule has 0 saturated carbocycles. The van der Waals surface area contributed by atoms with Crippen molar-refractivity contribution in [2.45, 2.75) is 20.3 Å². The van der Waals surface area contributed by atoms with E-state index in [1.54, 1.807) is 6.92 Å². The zero-order valence-corrected chi connectivity index (χ0v) is 17.3. The second-order valence-electron chi connectivity index (χ2n) is 6.39. The Hall–Kier alpha value is -3.12. The number of carbonyl (C=O) groups is 2. The molecule has 6 heteroatoms. The Morgan fingerprint density at radius 3 is 2.38 bits per heavy atom. The summed E-state index contributed by atoms with van der Waals surface area (Å²) in [5, 5.41) is 8.32. The molecule has 0 fully saturated rings. The fourth-order valence-electron chi connectivity index (χ4n) is 2.90. The Labute approximate surface area is 174 Å². The molecular weight excluding hydrogens is 384 g/mol. The number of ether oxygens (including phenoxy) is 1. The number of hydrogen-bond donors (Lipinski definition) is 2. The Kier molecular flexibility index (Phi) is 7.03. The van der Waals surface area contributed by atoms with E-state index in [2.05, 4.69) is 17.6 Å². The lowest BCUT2D eigenvalue weighted by Crippen LogP contribution is -2.22. The minimum absolute atomic E-state index is 0.103. The van der Waals surface area contributed by atoms with Crippen molar-refractivity contribution in [3.63, 3.8) is 0 Å². The number of nitrogens with one attached hydrogen (secondary N) is 2. The molecule has 3 aromatic rings. The Balaban J connectivity index is 1.74. The first-order valence-corrected chi connectivity index (χ1v) is 10.5. The lowest BCUT2D eigenvalue weighted by Gasteiger charge is -2.10. The molecule has 3 rings (SSSR count). The molecule has 0 unspecified atom stereocenters. The van der Waals surface area contributed by atoms with Crippen LogP contribution in [0, 0.1) is 0 Å². The molecule has 1 heterocycles. The van der Waals surface area contributed by atoms with E-state index in [9.17, 15) is 9.59 Å². The number of thiophene rings is 1. The molecule has 0 aliphatic rings. The van der Waals surface area contributed by atoms with Gasteiger partial charge in [-0.25, -0.2) is 4.79 Å². The normalized spacial score (nSPS) is 10.4. The van der Waals surface area contributed by atoms with Gasteiger partial charge in [-0.15, -0.1) is 11.3 Å². The van der Waals surface area contributed by atoms with Gasteiger partial charge in [-0.05, 0) is 36.6 Å². The molecule has 0 atom stereocenters. The minimum Gasteiger partial charge on any atom is -0.462 e. The van der Waals surface area contributed by atoms with Gasteiger partial charge in [-0.2, -0.15) is 0 Å². The summed E-state index contributed by atoms with van der Waals surface area (Å²) in [6.45, 7) is 4.23. The molecule has 29 heavy (non-hydrogen) atoms. The van der Waals surface area contributed by atoms with Crippen molar-refractivity contribution >= 4 is 33.9 Å². The molecule has 0 aliphatic heterocycles. The number of esters is 1. The van der Waals surface area contributed by atoms with E-state index in [-0.39, 0.29) is 19.1 Å². The highest BCUT2D eigenvalue weighted by atomic mass is 32.1. The van der Waals surface area contributed by atoms with Crippen LogP contribution in [0.15, 0.2) is 60.0 Å². The van der Waals surface area contributed by atoms with Crippen LogP contribution >= 0.6 is 11.3 Å². The average Bonchev–Trinajstić information content (AvgIpc) is 3.17. The first-order valence-electron chi connectivity index (χ1n) is 9.59. The minimum atomic E-state index is -0.439. The molecule has 0 spiro atoms. The van der Waals surface area contributed by atoms with Crippen LogP contribution in [-0.2, 0) is 16.0 Å². The zero-order chi connectivity index (χ0) is 20.6. The van der Waals surface area contributed by atoms with Gasteiger partial charge < -0.3 is 15.4 Å². The zero-order valence-electron chi connectivity index (χ0n) is 16.5. The summed E-state index contributed by atoms with van der Waals surface area (Å²) in [5.74, 6) is -0.664. The van der Waals surface area contributed by atoms with Gasteiger partial charge >= 0.3 is 5.97 Å². The second kappa shape index (κ2) is 9.89. The maximum atomic E-state index is 12.6. The quantitative estimate of drug-likeness (QED) is 0.503. The number of amides is 1. The van der Waals surface area contributed by atoms with Crippen LogP contribution < -0.4 is 10.6 Å². The molecule has 0 saturated heterocycles. The number of carbonyl (C=O) groups excluding carboxylic acids is 2. The first-order chi connectivity index (χ1) is 14.1. The topological polar surface area (TPSA) is 67.4 Å². The van der Waals surface area contributed by atoms with Crippen LogP contribution in [0.3, 0.4) is 0 Å². The third-order valence-electron chi connectivity index (χ3n) is 4.42. The molecule has 1 aromatic heterocycles. The molecule has 5 nitrogen and oxygen atoms in total. The van der Waals surface area contributed by atoms with Crippen LogP contribution in [0.25, 0.3) is 11.1 Å². The number of hydrogen-bond acceptors (Lipinski definition) is 5. The van der Waals surface area contributed by atoms with Crippen molar-refractivity contribution in [1.29, 1.82) is 0 Å². The summed E-state index contributed by atoms with van der Waals surface area (Å²) in [6, 6.07) is 17.6. The van der Waals surface area contributed by atoms with Gasteiger partial charge in [0.1, 0.15) is 10.6 Å². The highest BCUT2D eigenvalue weighted by molar-refractivity contribution is 7.15. The lowest BCUT2D eigenvalue weighted by atomic mass is 10.0. The Bertz CT molecular complexity index is 966. The fraction of sp³-hybridized carbons (Fsp3) is 0.217. The summed E-state index contributed by atoms with van der Waals surface area (Å²) in [5.41, 5.74) is 4.17. The molecule has 2 aromatic carbocycles. The Morgan fingerprint density at radius 1 is 1.00 bits per heavy atom. The van der Waals surface area contributed by atoms with Gasteiger partial charge in [0.05, 0.1) is 13.2 Å². The van der Waals surface area contributed by atoms with E-state index in [4.69, 9.17) is 4.74 Å². The van der Waals surface area contributed by atoms with Gasteiger partial charge in [-0.1, -0.05) is 49.4 Å². The third-order valence-corrected chi connectivity index (χ3v) is 5.32. The van der Waals surface area contributed by atoms with Crippen molar-refractivity contribution < 1.29 is 14.3 Å². The van der Waals surface area contributed by atoms with E-state index in [1.807, 2.05) is 60.0 Å². The maximum absolute atomic E-state index is 12.6. The fourth-order valence-corrected chi connectivity index (χ4v) is 3.87. The molecular formula is C23H24N2O3S. The lowest BCUT2D eigenvalue weighted by molar-refractivity contribution is -0.114. The van der Waals surface area contributed by atoms with Gasteiger partial charge in [0, 0.05) is 16.6 Å². The molecule has 0 bridgehead atoms. The van der Waals surface area contributed by atoms with Crippen molar-refractivity contribution in [3.8, 4) is 11.1 Å². The summed E-state index contributed by atoms with van der Waals surface area (Å²) in [4.78, 5) is 25.0. The number of anilines is 2. The van der Waals surface area contributed by atoms with Gasteiger partial charge in [-0.3, -0.25) is 4.79 Å². The summed E-state index contributed by atoms with van der Waals surface area (Å²) < 4.78 is 5.22. The van der Waals surface area contributed by atoms with Crippen LogP contribution in [0.5, 0.6) is 0 Å². The van der Waals surface area contributed by atoms with Crippen LogP contribution in [0.1, 0.15) is 29.8 Å². The average molecular weight is 409 g/mol. The van der Waals surface area contributed by atoms with E-state index in [0.29, 0.717) is 10.6 Å². The summed E-state index contributed by atoms with van der Waals surface area (Å²) >= 11 is 1.32. The van der Waals surface area contributed by atoms with Gasteiger partial charge in [0.25, 0.3) is 0 Å². The van der Waals surface area contributed by atoms with E-state index >= 15 is 0 Å².